The minimum absolute atomic E-state index is 0.0142. The molecular formula is C16H13N3OS. The highest BCUT2D eigenvalue weighted by Crippen LogP contribution is 2.23. The zero-order valence-electron chi connectivity index (χ0n) is 11.1. The number of nitriles is 1. The number of nitrogens with zero attached hydrogens (tertiary/aromatic N) is 1. The van der Waals surface area contributed by atoms with E-state index in [1.54, 1.807) is 24.3 Å². The molecule has 0 atom stereocenters. The first-order valence-corrected chi connectivity index (χ1v) is 6.55. The molecule has 0 aromatic heterocycles. The fourth-order valence-electron chi connectivity index (χ4n) is 1.72. The fraction of sp³-hybridized carbons (Fsp3) is 0. The summed E-state index contributed by atoms with van der Waals surface area (Å²) in [6, 6.07) is 18.4. The summed E-state index contributed by atoms with van der Waals surface area (Å²) in [5.74, 6) is 1.42. The van der Waals surface area contributed by atoms with Crippen LogP contribution in [0.25, 0.3) is 5.70 Å². The van der Waals surface area contributed by atoms with Gasteiger partial charge in [-0.3, -0.25) is 0 Å². The minimum Gasteiger partial charge on any atom is -0.457 e. The molecule has 0 fully saturated rings. The van der Waals surface area contributed by atoms with Crippen LogP contribution in [0, 0.1) is 11.3 Å². The third-order valence-electron chi connectivity index (χ3n) is 2.77. The van der Waals surface area contributed by atoms with E-state index in [0.29, 0.717) is 11.3 Å². The number of nitrogens with two attached hydrogens (primary N) is 2. The van der Waals surface area contributed by atoms with E-state index in [2.05, 4.69) is 0 Å². The zero-order valence-corrected chi connectivity index (χ0v) is 11.9. The molecule has 0 aliphatic heterocycles. The van der Waals surface area contributed by atoms with Crippen LogP contribution in [-0.4, -0.2) is 4.99 Å². The van der Waals surface area contributed by atoms with Gasteiger partial charge in [-0.2, -0.15) is 5.26 Å². The van der Waals surface area contributed by atoms with Crippen LogP contribution in [0.2, 0.25) is 0 Å². The summed E-state index contributed by atoms with van der Waals surface area (Å²) in [6.07, 6.45) is 0. The van der Waals surface area contributed by atoms with E-state index < -0.39 is 0 Å². The number of hydrogen-bond acceptors (Lipinski definition) is 4. The molecule has 0 spiro atoms. The van der Waals surface area contributed by atoms with E-state index in [9.17, 15) is 0 Å². The molecular weight excluding hydrogens is 282 g/mol. The molecule has 4 nitrogen and oxygen atoms in total. The molecule has 0 saturated carbocycles. The second-order valence-corrected chi connectivity index (χ2v) is 4.64. The van der Waals surface area contributed by atoms with Gasteiger partial charge in [0.05, 0.1) is 5.70 Å². The van der Waals surface area contributed by atoms with Crippen LogP contribution in [-0.2, 0) is 0 Å². The molecule has 0 amide bonds. The van der Waals surface area contributed by atoms with Gasteiger partial charge in [0, 0.05) is 0 Å². The average molecular weight is 295 g/mol. The second-order valence-electron chi connectivity index (χ2n) is 4.20. The second kappa shape index (κ2) is 6.55. The molecule has 0 aliphatic rings. The van der Waals surface area contributed by atoms with Gasteiger partial charge < -0.3 is 16.2 Å². The smallest absolute Gasteiger partial charge is 0.127 e. The van der Waals surface area contributed by atoms with E-state index in [-0.39, 0.29) is 16.3 Å². The van der Waals surface area contributed by atoms with Gasteiger partial charge in [0.1, 0.15) is 28.1 Å². The highest BCUT2D eigenvalue weighted by atomic mass is 32.1. The number of para-hydroxylation sites is 1. The van der Waals surface area contributed by atoms with Crippen molar-refractivity contribution in [2.45, 2.75) is 0 Å². The summed E-state index contributed by atoms with van der Waals surface area (Å²) in [7, 11) is 0. The lowest BCUT2D eigenvalue weighted by molar-refractivity contribution is 0.482. The summed E-state index contributed by atoms with van der Waals surface area (Å²) in [5, 5.41) is 9.00. The third-order valence-corrected chi connectivity index (χ3v) is 2.98. The third kappa shape index (κ3) is 3.59. The van der Waals surface area contributed by atoms with Crippen LogP contribution in [0.3, 0.4) is 0 Å². The first kappa shape index (κ1) is 14.6. The molecule has 104 valence electrons. The Morgan fingerprint density at radius 2 is 1.52 bits per heavy atom. The number of ether oxygens (including phenoxy) is 1. The fourth-order valence-corrected chi connectivity index (χ4v) is 1.88. The van der Waals surface area contributed by atoms with Crippen LogP contribution in [0.1, 0.15) is 5.56 Å². The van der Waals surface area contributed by atoms with E-state index in [4.69, 9.17) is 33.7 Å². The van der Waals surface area contributed by atoms with E-state index in [1.807, 2.05) is 36.4 Å². The van der Waals surface area contributed by atoms with Crippen molar-refractivity contribution in [3.8, 4) is 17.6 Å². The van der Waals surface area contributed by atoms with E-state index in [0.717, 1.165) is 5.75 Å². The lowest BCUT2D eigenvalue weighted by Gasteiger charge is -2.08. The number of benzene rings is 2. The van der Waals surface area contributed by atoms with Crippen molar-refractivity contribution in [3.05, 3.63) is 65.7 Å². The molecule has 2 rings (SSSR count). The van der Waals surface area contributed by atoms with Gasteiger partial charge in [0.15, 0.2) is 0 Å². The van der Waals surface area contributed by atoms with Gasteiger partial charge in [-0.25, -0.2) is 0 Å². The summed E-state index contributed by atoms with van der Waals surface area (Å²) < 4.78 is 5.67. The molecule has 0 aliphatic carbocycles. The van der Waals surface area contributed by atoms with Gasteiger partial charge in [-0.05, 0) is 42.0 Å². The van der Waals surface area contributed by atoms with Crippen LogP contribution in [0.5, 0.6) is 11.5 Å². The predicted octanol–water partition coefficient (Wildman–Crippen LogP) is 2.96. The Morgan fingerprint density at radius 3 is 2.05 bits per heavy atom. The van der Waals surface area contributed by atoms with Gasteiger partial charge >= 0.3 is 0 Å². The van der Waals surface area contributed by atoms with E-state index >= 15 is 0 Å². The average Bonchev–Trinajstić information content (AvgIpc) is 2.49. The van der Waals surface area contributed by atoms with Crippen LogP contribution in [0.4, 0.5) is 0 Å². The summed E-state index contributed by atoms with van der Waals surface area (Å²) in [4.78, 5) is -0.0142. The Morgan fingerprint density at radius 1 is 0.952 bits per heavy atom. The lowest BCUT2D eigenvalue weighted by atomic mass is 10.1. The molecule has 0 heterocycles. The van der Waals surface area contributed by atoms with Crippen molar-refractivity contribution in [3.63, 3.8) is 0 Å². The summed E-state index contributed by atoms with van der Waals surface area (Å²) >= 11 is 4.80. The minimum atomic E-state index is -0.0142. The lowest BCUT2D eigenvalue weighted by Crippen LogP contribution is -2.15. The van der Waals surface area contributed by atoms with Crippen molar-refractivity contribution in [1.82, 2.24) is 0 Å². The van der Waals surface area contributed by atoms with Gasteiger partial charge in [0.25, 0.3) is 0 Å². The normalized spacial score (nSPS) is 11.2. The van der Waals surface area contributed by atoms with E-state index in [1.165, 1.54) is 0 Å². The van der Waals surface area contributed by atoms with Crippen molar-refractivity contribution in [1.29, 1.82) is 5.26 Å². The first-order chi connectivity index (χ1) is 10.1. The van der Waals surface area contributed by atoms with Crippen molar-refractivity contribution in [2.24, 2.45) is 11.5 Å². The Kier molecular flexibility index (Phi) is 4.54. The topological polar surface area (TPSA) is 85.1 Å². The highest BCUT2D eigenvalue weighted by molar-refractivity contribution is 7.80. The highest BCUT2D eigenvalue weighted by Gasteiger charge is 2.08. The van der Waals surface area contributed by atoms with Crippen LogP contribution < -0.4 is 16.2 Å². The maximum atomic E-state index is 9.00. The maximum Gasteiger partial charge on any atom is 0.127 e. The predicted molar refractivity (Wildman–Crippen MR) is 86.5 cm³/mol. The monoisotopic (exact) mass is 295 g/mol. The molecule has 21 heavy (non-hydrogen) atoms. The largest absolute Gasteiger partial charge is 0.457 e. The quantitative estimate of drug-likeness (QED) is 0.514. The molecule has 0 saturated heterocycles. The van der Waals surface area contributed by atoms with Crippen molar-refractivity contribution in [2.75, 3.05) is 0 Å². The molecule has 0 radical (unpaired) electrons. The zero-order chi connectivity index (χ0) is 15.2. The Bertz CT molecular complexity index is 715. The van der Waals surface area contributed by atoms with Crippen molar-refractivity contribution >= 4 is 22.9 Å². The molecule has 2 aromatic rings. The van der Waals surface area contributed by atoms with Crippen LogP contribution >= 0.6 is 12.2 Å². The Labute approximate surface area is 128 Å². The van der Waals surface area contributed by atoms with Crippen molar-refractivity contribution < 1.29 is 4.74 Å². The van der Waals surface area contributed by atoms with Gasteiger partial charge in [-0.15, -0.1) is 0 Å². The summed E-state index contributed by atoms with van der Waals surface area (Å²) in [5.41, 5.74) is 12.4. The van der Waals surface area contributed by atoms with Gasteiger partial charge in [-0.1, -0.05) is 30.4 Å². The SMILES string of the molecule is N#C/C(C(N)=S)=C(/N)c1ccc(Oc2ccccc2)cc1. The number of thiocarbonyl (C=S) groups is 1. The standard InChI is InChI=1S/C16H13N3OS/c17-10-14(16(19)21)15(18)11-6-8-13(9-7-11)20-12-4-2-1-3-5-12/h1-9H,18H2,(H2,19,21)/b15-14-. The maximum absolute atomic E-state index is 9.00. The Hall–Kier alpha value is -2.84. The molecule has 5 heteroatoms. The number of rotatable bonds is 4. The van der Waals surface area contributed by atoms with Gasteiger partial charge in [0.2, 0.25) is 0 Å². The molecule has 4 N–H and O–H groups in total. The molecule has 0 unspecified atom stereocenters. The number of hydrogen-bond donors (Lipinski definition) is 2. The van der Waals surface area contributed by atoms with Crippen LogP contribution in [0.15, 0.2) is 60.2 Å². The summed E-state index contributed by atoms with van der Waals surface area (Å²) in [6.45, 7) is 0. The Balaban J connectivity index is 2.24. The first-order valence-electron chi connectivity index (χ1n) is 6.15. The molecule has 0 bridgehead atoms. The molecule has 2 aromatic carbocycles.